The maximum atomic E-state index is 11.4. The Kier molecular flexibility index (Phi) is 6.77. The summed E-state index contributed by atoms with van der Waals surface area (Å²) >= 11 is 5.12. The molecule has 2 N–H and O–H groups in total. The second kappa shape index (κ2) is 7.84. The number of amides is 1. The van der Waals surface area contributed by atoms with E-state index in [1.54, 1.807) is 11.3 Å². The Bertz CT molecular complexity index is 354. The highest BCUT2D eigenvalue weighted by Crippen LogP contribution is 2.23. The molecule has 1 amide bonds. The van der Waals surface area contributed by atoms with Crippen LogP contribution in [-0.4, -0.2) is 23.7 Å². The second-order valence-electron chi connectivity index (χ2n) is 3.93. The molecule has 1 atom stereocenters. The van der Waals surface area contributed by atoms with E-state index < -0.39 is 6.10 Å². The molecule has 0 radical (unpaired) electrons. The average Bonchev–Trinajstić information content (AvgIpc) is 2.72. The highest BCUT2D eigenvalue weighted by Gasteiger charge is 2.05. The summed E-state index contributed by atoms with van der Waals surface area (Å²) in [5, 5.41) is 12.0. The van der Waals surface area contributed by atoms with Crippen molar-refractivity contribution >= 4 is 33.2 Å². The fourth-order valence-corrected chi connectivity index (χ4v) is 2.90. The minimum Gasteiger partial charge on any atom is -0.391 e. The molecule has 5 heteroatoms. The Balaban J connectivity index is 2.12. The van der Waals surface area contributed by atoms with E-state index in [0.717, 1.165) is 16.6 Å². The summed E-state index contributed by atoms with van der Waals surface area (Å²) in [6.07, 6.45) is 2.54. The van der Waals surface area contributed by atoms with Gasteiger partial charge in [-0.2, -0.15) is 0 Å². The standard InChI is InChI=1S/C12H18BrNO2S/c1-2-9(15)8-14-12(16)5-3-4-10-6-7-11(13)17-10/h6-7,9,15H,2-5,8H2,1H3,(H,14,16). The Morgan fingerprint density at radius 2 is 2.35 bits per heavy atom. The predicted octanol–water partition coefficient (Wildman–Crippen LogP) is 2.72. The van der Waals surface area contributed by atoms with Gasteiger partial charge in [-0.15, -0.1) is 11.3 Å². The summed E-state index contributed by atoms with van der Waals surface area (Å²) in [6.45, 7) is 2.26. The van der Waals surface area contributed by atoms with Gasteiger partial charge in [0.2, 0.25) is 5.91 Å². The molecule has 0 aliphatic carbocycles. The molecule has 0 bridgehead atoms. The van der Waals surface area contributed by atoms with Gasteiger partial charge in [0.1, 0.15) is 0 Å². The number of carbonyl (C=O) groups excluding carboxylic acids is 1. The van der Waals surface area contributed by atoms with Crippen LogP contribution in [0.4, 0.5) is 0 Å². The zero-order valence-corrected chi connectivity index (χ0v) is 12.3. The summed E-state index contributed by atoms with van der Waals surface area (Å²) in [5.41, 5.74) is 0. The van der Waals surface area contributed by atoms with Gasteiger partial charge in [0.25, 0.3) is 0 Å². The van der Waals surface area contributed by atoms with Gasteiger partial charge < -0.3 is 10.4 Å². The maximum absolute atomic E-state index is 11.4. The van der Waals surface area contributed by atoms with Gasteiger partial charge in [0.05, 0.1) is 9.89 Å². The largest absolute Gasteiger partial charge is 0.391 e. The summed E-state index contributed by atoms with van der Waals surface area (Å²) in [6, 6.07) is 4.10. The number of aryl methyl sites for hydroxylation is 1. The van der Waals surface area contributed by atoms with Gasteiger partial charge in [-0.05, 0) is 47.3 Å². The Labute approximate surface area is 114 Å². The minimum absolute atomic E-state index is 0.0214. The number of aliphatic hydroxyl groups is 1. The van der Waals surface area contributed by atoms with Crippen LogP contribution in [-0.2, 0) is 11.2 Å². The van der Waals surface area contributed by atoms with Crippen LogP contribution in [0.3, 0.4) is 0 Å². The zero-order chi connectivity index (χ0) is 12.7. The van der Waals surface area contributed by atoms with Crippen LogP contribution in [0, 0.1) is 0 Å². The van der Waals surface area contributed by atoms with Gasteiger partial charge in [-0.1, -0.05) is 6.92 Å². The molecule has 1 heterocycles. The first-order valence-corrected chi connectivity index (χ1v) is 7.41. The number of rotatable bonds is 7. The number of aliphatic hydroxyl groups excluding tert-OH is 1. The molecule has 0 saturated heterocycles. The molecule has 0 saturated carbocycles. The Morgan fingerprint density at radius 1 is 1.59 bits per heavy atom. The van der Waals surface area contributed by atoms with Crippen LogP contribution in [0.15, 0.2) is 15.9 Å². The third kappa shape index (κ3) is 6.19. The third-order valence-electron chi connectivity index (χ3n) is 2.46. The molecule has 1 aromatic heterocycles. The summed E-state index contributed by atoms with van der Waals surface area (Å²) in [7, 11) is 0. The van der Waals surface area contributed by atoms with Crippen molar-refractivity contribution in [3.63, 3.8) is 0 Å². The first-order chi connectivity index (χ1) is 8.11. The quantitative estimate of drug-likeness (QED) is 0.811. The molecule has 3 nitrogen and oxygen atoms in total. The van der Waals surface area contributed by atoms with E-state index in [4.69, 9.17) is 0 Å². The summed E-state index contributed by atoms with van der Waals surface area (Å²) in [4.78, 5) is 12.7. The highest BCUT2D eigenvalue weighted by atomic mass is 79.9. The third-order valence-corrected chi connectivity index (χ3v) is 4.15. The van der Waals surface area contributed by atoms with Crippen molar-refractivity contribution in [1.82, 2.24) is 5.32 Å². The smallest absolute Gasteiger partial charge is 0.220 e. The van der Waals surface area contributed by atoms with E-state index in [-0.39, 0.29) is 5.91 Å². The fraction of sp³-hybridized carbons (Fsp3) is 0.583. The molecule has 1 rings (SSSR count). The number of halogens is 1. The van der Waals surface area contributed by atoms with Crippen molar-refractivity contribution in [2.45, 2.75) is 38.7 Å². The lowest BCUT2D eigenvalue weighted by Crippen LogP contribution is -2.31. The number of nitrogens with one attached hydrogen (secondary N) is 1. The Morgan fingerprint density at radius 3 is 2.94 bits per heavy atom. The summed E-state index contributed by atoms with van der Waals surface area (Å²) < 4.78 is 1.13. The normalized spacial score (nSPS) is 12.4. The van der Waals surface area contributed by atoms with Gasteiger partial charge in [-0.25, -0.2) is 0 Å². The lowest BCUT2D eigenvalue weighted by molar-refractivity contribution is -0.121. The van der Waals surface area contributed by atoms with E-state index in [1.165, 1.54) is 4.88 Å². The predicted molar refractivity (Wildman–Crippen MR) is 74.3 cm³/mol. The van der Waals surface area contributed by atoms with Crippen molar-refractivity contribution in [2.75, 3.05) is 6.54 Å². The van der Waals surface area contributed by atoms with Gasteiger partial charge in [0, 0.05) is 17.8 Å². The van der Waals surface area contributed by atoms with Crippen LogP contribution in [0.25, 0.3) is 0 Å². The SMILES string of the molecule is CCC(O)CNC(=O)CCCc1ccc(Br)s1. The number of hydrogen-bond donors (Lipinski definition) is 2. The first-order valence-electron chi connectivity index (χ1n) is 5.80. The van der Waals surface area contributed by atoms with Gasteiger partial charge in [-0.3, -0.25) is 4.79 Å². The number of thiophene rings is 1. The fourth-order valence-electron chi connectivity index (χ4n) is 1.37. The van der Waals surface area contributed by atoms with Crippen LogP contribution in [0.1, 0.15) is 31.1 Å². The van der Waals surface area contributed by atoms with Gasteiger partial charge in [0.15, 0.2) is 0 Å². The molecule has 1 unspecified atom stereocenters. The van der Waals surface area contributed by atoms with Crippen molar-refractivity contribution in [3.05, 3.63) is 20.8 Å². The van der Waals surface area contributed by atoms with E-state index in [0.29, 0.717) is 19.4 Å². The summed E-state index contributed by atoms with van der Waals surface area (Å²) in [5.74, 6) is 0.0214. The molecule has 0 aromatic carbocycles. The second-order valence-corrected chi connectivity index (χ2v) is 6.47. The first kappa shape index (κ1) is 14.7. The number of carbonyl (C=O) groups is 1. The van der Waals surface area contributed by atoms with E-state index in [1.807, 2.05) is 13.0 Å². The van der Waals surface area contributed by atoms with Crippen LogP contribution >= 0.6 is 27.3 Å². The molecule has 17 heavy (non-hydrogen) atoms. The van der Waals surface area contributed by atoms with E-state index >= 15 is 0 Å². The molecule has 0 aliphatic rings. The zero-order valence-electron chi connectivity index (χ0n) is 9.91. The lowest BCUT2D eigenvalue weighted by atomic mass is 10.2. The topological polar surface area (TPSA) is 49.3 Å². The average molecular weight is 320 g/mol. The molecule has 0 fully saturated rings. The minimum atomic E-state index is -0.424. The van der Waals surface area contributed by atoms with Crippen LogP contribution < -0.4 is 5.32 Å². The monoisotopic (exact) mass is 319 g/mol. The number of hydrogen-bond acceptors (Lipinski definition) is 3. The van der Waals surface area contributed by atoms with Crippen LogP contribution in [0.2, 0.25) is 0 Å². The van der Waals surface area contributed by atoms with Crippen molar-refractivity contribution in [2.24, 2.45) is 0 Å². The van der Waals surface area contributed by atoms with Crippen molar-refractivity contribution in [1.29, 1.82) is 0 Å². The highest BCUT2D eigenvalue weighted by molar-refractivity contribution is 9.11. The van der Waals surface area contributed by atoms with Gasteiger partial charge >= 0.3 is 0 Å². The Hall–Kier alpha value is -0.390. The van der Waals surface area contributed by atoms with E-state index in [9.17, 15) is 9.90 Å². The molecular formula is C12H18BrNO2S. The van der Waals surface area contributed by atoms with E-state index in [2.05, 4.69) is 27.3 Å². The lowest BCUT2D eigenvalue weighted by Gasteiger charge is -2.08. The molecular weight excluding hydrogens is 302 g/mol. The molecule has 96 valence electrons. The van der Waals surface area contributed by atoms with Crippen molar-refractivity contribution < 1.29 is 9.90 Å². The molecule has 1 aromatic rings. The maximum Gasteiger partial charge on any atom is 0.220 e. The van der Waals surface area contributed by atoms with Crippen LogP contribution in [0.5, 0.6) is 0 Å². The molecule has 0 aliphatic heterocycles. The van der Waals surface area contributed by atoms with Crippen molar-refractivity contribution in [3.8, 4) is 0 Å². The molecule has 0 spiro atoms.